The van der Waals surface area contributed by atoms with Crippen LogP contribution in [0.2, 0.25) is 0 Å². The van der Waals surface area contributed by atoms with Crippen molar-refractivity contribution in [2.75, 3.05) is 39.1 Å². The molecule has 2 atom stereocenters. The maximum Gasteiger partial charge on any atom is 0.341 e. The van der Waals surface area contributed by atoms with Crippen LogP contribution in [0.1, 0.15) is 65.4 Å². The molecule has 0 radical (unpaired) electrons. The molecular formula is C49H45N3O8S2. The van der Waals surface area contributed by atoms with Crippen LogP contribution in [0.15, 0.2) is 138 Å². The predicted octanol–water partition coefficient (Wildman–Crippen LogP) is 9.71. The second-order valence-electron chi connectivity index (χ2n) is 14.3. The number of thiophene rings is 1. The van der Waals surface area contributed by atoms with Crippen molar-refractivity contribution < 1.29 is 38.1 Å². The lowest BCUT2D eigenvalue weighted by Crippen LogP contribution is -2.30. The highest BCUT2D eigenvalue weighted by atomic mass is 32.2. The molecule has 2 unspecified atom stereocenters. The molecule has 13 heteroatoms. The van der Waals surface area contributed by atoms with Crippen LogP contribution >= 0.6 is 23.1 Å². The van der Waals surface area contributed by atoms with Gasteiger partial charge in [-0.2, -0.15) is 0 Å². The summed E-state index contributed by atoms with van der Waals surface area (Å²) in [5, 5.41) is 8.51. The molecule has 316 valence electrons. The molecular weight excluding hydrogens is 823 g/mol. The van der Waals surface area contributed by atoms with E-state index in [9.17, 15) is 19.2 Å². The summed E-state index contributed by atoms with van der Waals surface area (Å²) >= 11 is 2.72. The summed E-state index contributed by atoms with van der Waals surface area (Å²) in [5.41, 5.74) is 4.55. The Morgan fingerprint density at radius 2 is 1.42 bits per heavy atom. The van der Waals surface area contributed by atoms with Crippen LogP contribution < -0.4 is 30.2 Å². The van der Waals surface area contributed by atoms with Crippen molar-refractivity contribution in [1.82, 2.24) is 5.32 Å². The third-order valence-corrected chi connectivity index (χ3v) is 12.8. The van der Waals surface area contributed by atoms with Gasteiger partial charge in [0.2, 0.25) is 11.7 Å². The molecule has 1 aromatic heterocycles. The summed E-state index contributed by atoms with van der Waals surface area (Å²) in [6, 6.07) is 38.7. The van der Waals surface area contributed by atoms with Crippen molar-refractivity contribution in [3.05, 3.63) is 171 Å². The second-order valence-corrected chi connectivity index (χ2v) is 16.6. The lowest BCUT2D eigenvalue weighted by Gasteiger charge is -2.22. The van der Waals surface area contributed by atoms with E-state index in [1.54, 1.807) is 60.7 Å². The molecule has 1 aliphatic carbocycles. The molecule has 11 nitrogen and oxygen atoms in total. The maximum atomic E-state index is 14.4. The molecule has 3 amide bonds. The molecule has 0 aliphatic heterocycles. The zero-order valence-electron chi connectivity index (χ0n) is 34.6. The molecule has 62 heavy (non-hydrogen) atoms. The summed E-state index contributed by atoms with van der Waals surface area (Å²) in [6.45, 7) is 0. The number of hydrogen-bond donors (Lipinski definition) is 3. The average Bonchev–Trinajstić information content (AvgIpc) is 3.67. The van der Waals surface area contributed by atoms with E-state index in [4.69, 9.17) is 18.9 Å². The van der Waals surface area contributed by atoms with Crippen molar-refractivity contribution in [2.24, 2.45) is 0 Å². The van der Waals surface area contributed by atoms with Gasteiger partial charge in [-0.05, 0) is 96.0 Å². The summed E-state index contributed by atoms with van der Waals surface area (Å²) in [5.74, 6) is -0.485. The quantitative estimate of drug-likeness (QED) is 0.0523. The van der Waals surface area contributed by atoms with E-state index in [0.29, 0.717) is 61.9 Å². The number of fused-ring (bicyclic) bond motifs is 1. The van der Waals surface area contributed by atoms with Gasteiger partial charge in [0.25, 0.3) is 11.8 Å². The fourth-order valence-electron chi connectivity index (χ4n) is 7.36. The lowest BCUT2D eigenvalue weighted by molar-refractivity contribution is -0.116. The van der Waals surface area contributed by atoms with Gasteiger partial charge in [-0.15, -0.1) is 23.1 Å². The fraction of sp³-hybridized carbons (Fsp3) is 0.184. The summed E-state index contributed by atoms with van der Waals surface area (Å²) in [4.78, 5) is 56.9. The Morgan fingerprint density at radius 1 is 0.758 bits per heavy atom. The second kappa shape index (κ2) is 20.2. The van der Waals surface area contributed by atoms with E-state index in [1.165, 1.54) is 63.2 Å². The Morgan fingerprint density at radius 3 is 2.06 bits per heavy atom. The summed E-state index contributed by atoms with van der Waals surface area (Å²) in [6.07, 6.45) is 3.84. The van der Waals surface area contributed by atoms with Crippen molar-refractivity contribution in [3.8, 4) is 17.2 Å². The smallest absolute Gasteiger partial charge is 0.341 e. The Bertz CT molecular complexity index is 2570. The first-order chi connectivity index (χ1) is 30.2. The number of benzene rings is 5. The number of esters is 1. The highest BCUT2D eigenvalue weighted by Gasteiger charge is 2.32. The monoisotopic (exact) mass is 867 g/mol. The Labute approximate surface area is 368 Å². The number of rotatable bonds is 15. The normalized spacial score (nSPS) is 13.8. The lowest BCUT2D eigenvalue weighted by atomic mass is 9.83. The number of carbonyl (C=O) groups is 4. The first-order valence-corrected chi connectivity index (χ1v) is 21.5. The van der Waals surface area contributed by atoms with Gasteiger partial charge in [0.15, 0.2) is 11.5 Å². The molecule has 0 saturated heterocycles. The standard InChI is InChI=1S/C49H45N3O8S2/c1-57-39-26-30(27-40(58-2)43(39)59-3)25-38(51-45(53)33-19-12-7-13-20-33)46(54)50-35-21-14-22-36(29-35)61-44(32-17-10-6-11-18-32)47(55)52-48-42(49(56)60-4)37-24-23-34(28-41(37)62-48)31-15-8-5-9-16-31/h5-22,25-27,29,34,44H,23-24,28H2,1-4H3,(H,50,54)(H,51,53)(H,52,55)/b38-25+. The highest BCUT2D eigenvalue weighted by molar-refractivity contribution is 8.00. The van der Waals surface area contributed by atoms with Crippen LogP contribution in [0, 0.1) is 0 Å². The van der Waals surface area contributed by atoms with Gasteiger partial charge in [0.05, 0.1) is 34.0 Å². The number of thioether (sulfide) groups is 1. The number of anilines is 2. The number of methoxy groups -OCH3 is 4. The maximum absolute atomic E-state index is 14.4. The van der Waals surface area contributed by atoms with Gasteiger partial charge >= 0.3 is 5.97 Å². The first kappa shape index (κ1) is 43.3. The van der Waals surface area contributed by atoms with Gasteiger partial charge in [-0.1, -0.05) is 84.9 Å². The van der Waals surface area contributed by atoms with Crippen LogP contribution in [0.25, 0.3) is 6.08 Å². The van der Waals surface area contributed by atoms with Crippen LogP contribution in [0.4, 0.5) is 10.7 Å². The minimum Gasteiger partial charge on any atom is -0.493 e. The van der Waals surface area contributed by atoms with Gasteiger partial charge in [-0.25, -0.2) is 4.79 Å². The minimum atomic E-state index is -0.746. The number of ether oxygens (including phenoxy) is 4. The predicted molar refractivity (Wildman–Crippen MR) is 244 cm³/mol. The van der Waals surface area contributed by atoms with E-state index >= 15 is 0 Å². The van der Waals surface area contributed by atoms with Crippen molar-refractivity contribution in [3.63, 3.8) is 0 Å². The van der Waals surface area contributed by atoms with Crippen molar-refractivity contribution >= 4 is 63.6 Å². The molecule has 3 N–H and O–H groups in total. The number of hydrogen-bond acceptors (Lipinski definition) is 10. The average molecular weight is 868 g/mol. The number of nitrogens with one attached hydrogen (secondary N) is 3. The third-order valence-electron chi connectivity index (χ3n) is 10.4. The molecule has 1 heterocycles. The largest absolute Gasteiger partial charge is 0.493 e. The topological polar surface area (TPSA) is 141 Å². The number of amides is 3. The molecule has 1 aliphatic rings. The highest BCUT2D eigenvalue weighted by Crippen LogP contribution is 2.45. The Kier molecular flexibility index (Phi) is 14.1. The zero-order chi connectivity index (χ0) is 43.6. The molecule has 0 bridgehead atoms. The van der Waals surface area contributed by atoms with Gasteiger partial charge in [0.1, 0.15) is 15.9 Å². The van der Waals surface area contributed by atoms with Crippen molar-refractivity contribution in [2.45, 2.75) is 35.3 Å². The number of carbonyl (C=O) groups excluding carboxylic acids is 4. The SMILES string of the molecule is COC(=O)c1c(NC(=O)C(Sc2cccc(NC(=O)/C(=C\c3cc(OC)c(OC)c(OC)c3)NC(=O)c3ccccc3)c2)c2ccccc2)sc2c1CCC(c1ccccc1)C2. The molecule has 0 spiro atoms. The molecule has 0 fully saturated rings. The summed E-state index contributed by atoms with van der Waals surface area (Å²) in [7, 11) is 5.82. The molecule has 0 saturated carbocycles. The van der Waals surface area contributed by atoms with Crippen LogP contribution in [-0.2, 0) is 27.2 Å². The third kappa shape index (κ3) is 10.0. The first-order valence-electron chi connectivity index (χ1n) is 19.8. The molecule has 6 aromatic rings. The van der Waals surface area contributed by atoms with Crippen LogP contribution in [-0.4, -0.2) is 52.1 Å². The van der Waals surface area contributed by atoms with E-state index in [0.717, 1.165) is 28.8 Å². The van der Waals surface area contributed by atoms with Crippen molar-refractivity contribution in [1.29, 1.82) is 0 Å². The van der Waals surface area contributed by atoms with E-state index in [2.05, 4.69) is 28.1 Å². The van der Waals surface area contributed by atoms with Gasteiger partial charge in [0, 0.05) is 21.0 Å². The zero-order valence-corrected chi connectivity index (χ0v) is 36.2. The molecule has 7 rings (SSSR count). The summed E-state index contributed by atoms with van der Waals surface area (Å²) < 4.78 is 21.7. The van der Waals surface area contributed by atoms with Gasteiger partial charge in [-0.3, -0.25) is 14.4 Å². The van der Waals surface area contributed by atoms with E-state index in [-0.39, 0.29) is 11.6 Å². The van der Waals surface area contributed by atoms with Gasteiger partial charge < -0.3 is 34.9 Å². The Balaban J connectivity index is 1.15. The fourth-order valence-corrected chi connectivity index (χ4v) is 9.76. The van der Waals surface area contributed by atoms with Crippen LogP contribution in [0.3, 0.4) is 0 Å². The van der Waals surface area contributed by atoms with Crippen LogP contribution in [0.5, 0.6) is 17.2 Å². The van der Waals surface area contributed by atoms with E-state index in [1.807, 2.05) is 54.6 Å². The minimum absolute atomic E-state index is 0.0529. The Hall–Kier alpha value is -6.83. The molecule has 5 aromatic carbocycles. The van der Waals surface area contributed by atoms with E-state index < -0.39 is 23.0 Å².